The molecule has 0 amide bonds. The molecule has 0 nitrogen and oxygen atoms in total. The van der Waals surface area contributed by atoms with Crippen LogP contribution in [-0.4, -0.2) is 9.52 Å². The summed E-state index contributed by atoms with van der Waals surface area (Å²) in [4.78, 5) is 0. The molecule has 0 bridgehead atoms. The van der Waals surface area contributed by atoms with Crippen molar-refractivity contribution in [2.75, 3.05) is 0 Å². The van der Waals surface area contributed by atoms with E-state index in [4.69, 9.17) is 17.0 Å². The number of rotatable bonds is 3. The van der Waals surface area contributed by atoms with Gasteiger partial charge in [0.15, 0.2) is 0 Å². The van der Waals surface area contributed by atoms with Crippen molar-refractivity contribution in [1.82, 2.24) is 0 Å². The van der Waals surface area contributed by atoms with Crippen molar-refractivity contribution in [1.29, 1.82) is 0 Å². The predicted octanol–water partition coefficient (Wildman–Crippen LogP) is 12.4. The molecule has 0 aliphatic heterocycles. The molecule has 6 rings (SSSR count). The fourth-order valence-electron chi connectivity index (χ4n) is 4.92. The van der Waals surface area contributed by atoms with Crippen molar-refractivity contribution in [3.05, 3.63) is 132 Å². The van der Waals surface area contributed by atoms with Gasteiger partial charge in [0, 0.05) is 9.52 Å². The zero-order valence-corrected chi connectivity index (χ0v) is 29.8. The summed E-state index contributed by atoms with van der Waals surface area (Å²) < 4.78 is 0. The predicted molar refractivity (Wildman–Crippen MR) is 183 cm³/mol. The minimum absolute atomic E-state index is 0.584. The average molecular weight is 673 g/mol. The Balaban J connectivity index is 0.000000190. The van der Waals surface area contributed by atoms with Gasteiger partial charge in [-0.2, -0.15) is 12.1 Å². The van der Waals surface area contributed by atoms with E-state index < -0.39 is 20.8 Å². The number of halogens is 2. The Morgan fingerprint density at radius 1 is 0.659 bits per heavy atom. The van der Waals surface area contributed by atoms with Crippen molar-refractivity contribution < 1.29 is 20.8 Å². The van der Waals surface area contributed by atoms with Gasteiger partial charge in [-0.25, -0.2) is 0 Å². The van der Waals surface area contributed by atoms with Crippen molar-refractivity contribution >= 4 is 48.1 Å². The molecule has 2 radical (unpaired) electrons. The van der Waals surface area contributed by atoms with Gasteiger partial charge in [-0.05, 0) is 17.0 Å². The zero-order valence-electron chi connectivity index (χ0n) is 24.8. The fourth-order valence-corrected chi connectivity index (χ4v) is 4.92. The standard InChI is InChI=1S/C18H17.C17H15.C2H6Si.2ClH.Zr/c1-13(2)16-11-15-9-6-10-17(18(15)12-16)14-7-4-3-5-8-14;1-12-10-16-13(2)8-9-15(17(16)11-12)14-6-4-3-5-7-14;1-3-2;;;/h3-13H,1-2H3;3-11H,1-2H3;1-2H3;2*1H;/q2*-1;;;;+4/p-2. The first-order valence-electron chi connectivity index (χ1n) is 13.9. The Kier molecular flexibility index (Phi) is 13.8. The maximum atomic E-state index is 4.93. The van der Waals surface area contributed by atoms with E-state index in [-0.39, 0.29) is 0 Å². The number of aryl methyl sites for hydroxylation is 2. The quantitative estimate of drug-likeness (QED) is 0.130. The van der Waals surface area contributed by atoms with E-state index in [1.807, 2.05) is 0 Å². The molecule has 0 unspecified atom stereocenters. The third kappa shape index (κ3) is 9.13. The molecule has 0 aromatic heterocycles. The van der Waals surface area contributed by atoms with Crippen LogP contribution in [0, 0.1) is 13.8 Å². The fraction of sp³-hybridized carbons (Fsp3) is 0.189. The Bertz CT molecular complexity index is 1610. The average Bonchev–Trinajstić information content (AvgIpc) is 3.60. The molecular weight excluding hydrogens is 635 g/mol. The third-order valence-electron chi connectivity index (χ3n) is 6.86. The Morgan fingerprint density at radius 3 is 1.73 bits per heavy atom. The third-order valence-corrected chi connectivity index (χ3v) is 6.86. The first-order chi connectivity index (χ1) is 19.8. The van der Waals surface area contributed by atoms with Crippen LogP contribution in [0.5, 0.6) is 0 Å². The van der Waals surface area contributed by atoms with Crippen LogP contribution in [0.1, 0.15) is 36.5 Å². The summed E-state index contributed by atoms with van der Waals surface area (Å²) in [6.07, 6.45) is 0. The number of hydrogen-bond acceptors (Lipinski definition) is 0. The van der Waals surface area contributed by atoms with E-state index in [1.54, 1.807) is 0 Å². The van der Waals surface area contributed by atoms with Crippen LogP contribution < -0.4 is 0 Å². The van der Waals surface area contributed by atoms with Gasteiger partial charge in [0.1, 0.15) is 0 Å². The summed E-state index contributed by atoms with van der Waals surface area (Å²) in [5, 5.41) is 5.46. The van der Waals surface area contributed by atoms with Gasteiger partial charge in [-0.15, -0.1) is 68.6 Å². The normalized spacial score (nSPS) is 10.2. The molecule has 0 fully saturated rings. The first-order valence-corrected chi connectivity index (χ1v) is 22.2. The summed E-state index contributed by atoms with van der Waals surface area (Å²) in [5.41, 5.74) is 9.37. The molecule has 6 aromatic rings. The van der Waals surface area contributed by atoms with Crippen molar-refractivity contribution in [3.63, 3.8) is 0 Å². The Hall–Kier alpha value is -2.22. The van der Waals surface area contributed by atoms with Crippen LogP contribution in [0.2, 0.25) is 13.1 Å². The van der Waals surface area contributed by atoms with Gasteiger partial charge >= 0.3 is 37.9 Å². The van der Waals surface area contributed by atoms with E-state index in [0.717, 1.165) is 9.52 Å². The van der Waals surface area contributed by atoms with Crippen molar-refractivity contribution in [2.45, 2.75) is 46.7 Å². The van der Waals surface area contributed by atoms with Gasteiger partial charge in [-0.1, -0.05) is 125 Å². The maximum absolute atomic E-state index is 4.93. The zero-order chi connectivity index (χ0) is 29.8. The van der Waals surface area contributed by atoms with Crippen molar-refractivity contribution in [3.8, 4) is 22.3 Å². The Labute approximate surface area is 267 Å². The molecule has 6 aromatic carbocycles. The summed E-state index contributed by atoms with van der Waals surface area (Å²) in [5.74, 6) is 0.584. The summed E-state index contributed by atoms with van der Waals surface area (Å²) in [6.45, 7) is 13.1. The second-order valence-corrected chi connectivity index (χ2v) is 15.1. The van der Waals surface area contributed by atoms with E-state index in [0.29, 0.717) is 5.92 Å². The monoisotopic (exact) mass is 670 g/mol. The summed E-state index contributed by atoms with van der Waals surface area (Å²) >= 11 is -0.826. The molecule has 0 aliphatic rings. The SMILES string of the molecule is CC(C)c1cc2c(-c3ccccc3)cccc2[cH-]1.C[Si]C.Cc1cc2c(-c3ccccc3)ccc(C)c2[cH-]1.[Cl][Zr+2][Cl]. The summed E-state index contributed by atoms with van der Waals surface area (Å²) in [6, 6.07) is 41.4. The molecule has 208 valence electrons. The molecule has 0 atom stereocenters. The molecule has 4 heteroatoms. The molecule has 0 saturated carbocycles. The number of fused-ring (bicyclic) bond motifs is 2. The van der Waals surface area contributed by atoms with Crippen LogP contribution in [0.15, 0.2) is 115 Å². The van der Waals surface area contributed by atoms with Gasteiger partial charge in [0.2, 0.25) is 0 Å². The first kappa shape index (κ1) is 33.3. The van der Waals surface area contributed by atoms with Crippen LogP contribution in [-0.2, 0) is 20.8 Å². The van der Waals surface area contributed by atoms with Gasteiger partial charge in [0.05, 0.1) is 0 Å². The second-order valence-electron chi connectivity index (χ2n) is 10.3. The number of benzene rings is 4. The van der Waals surface area contributed by atoms with Crippen LogP contribution in [0.3, 0.4) is 0 Å². The van der Waals surface area contributed by atoms with Gasteiger partial charge in [-0.3, -0.25) is 0 Å². The van der Waals surface area contributed by atoms with E-state index in [9.17, 15) is 0 Å². The molecule has 0 spiro atoms. The van der Waals surface area contributed by atoms with Gasteiger partial charge < -0.3 is 0 Å². The Morgan fingerprint density at radius 2 is 1.20 bits per heavy atom. The van der Waals surface area contributed by atoms with E-state index in [2.05, 4.69) is 156 Å². The van der Waals surface area contributed by atoms with Gasteiger partial charge in [0.25, 0.3) is 0 Å². The second kappa shape index (κ2) is 17.0. The molecule has 0 heterocycles. The topological polar surface area (TPSA) is 0 Å². The van der Waals surface area contributed by atoms with E-state index in [1.165, 1.54) is 60.5 Å². The molecule has 41 heavy (non-hydrogen) atoms. The van der Waals surface area contributed by atoms with Crippen LogP contribution >= 0.6 is 17.0 Å². The molecular formula is C37H38Cl2SiZr. The summed E-state index contributed by atoms with van der Waals surface area (Å²) in [7, 11) is 11.0. The number of hydrogen-bond donors (Lipinski definition) is 0. The van der Waals surface area contributed by atoms with Crippen molar-refractivity contribution in [2.24, 2.45) is 0 Å². The van der Waals surface area contributed by atoms with E-state index >= 15 is 0 Å². The minimum atomic E-state index is -0.826. The molecule has 0 saturated heterocycles. The van der Waals surface area contributed by atoms with Crippen LogP contribution in [0.25, 0.3) is 43.8 Å². The van der Waals surface area contributed by atoms with Crippen LogP contribution in [0.4, 0.5) is 0 Å². The molecule has 0 aliphatic carbocycles. The molecule has 0 N–H and O–H groups in total.